The van der Waals surface area contributed by atoms with Gasteiger partial charge in [-0.25, -0.2) is 0 Å². The number of aryl methyl sites for hydroxylation is 1. The molecule has 0 spiro atoms. The van der Waals surface area contributed by atoms with Crippen molar-refractivity contribution in [1.82, 2.24) is 9.36 Å². The van der Waals surface area contributed by atoms with Gasteiger partial charge in [-0.05, 0) is 24.1 Å². The van der Waals surface area contributed by atoms with Gasteiger partial charge in [-0.15, -0.1) is 0 Å². The zero-order valence-corrected chi connectivity index (χ0v) is 12.5. The summed E-state index contributed by atoms with van der Waals surface area (Å²) in [5.74, 6) is 1.60. The van der Waals surface area contributed by atoms with Crippen molar-refractivity contribution in [3.05, 3.63) is 35.2 Å². The largest absolute Gasteiger partial charge is 0.430 e. The lowest BCUT2D eigenvalue weighted by Crippen LogP contribution is -2.12. The average molecular weight is 277 g/mol. The molecule has 0 amide bonds. The van der Waals surface area contributed by atoms with Gasteiger partial charge in [0.05, 0.1) is 0 Å². The second-order valence-corrected chi connectivity index (χ2v) is 6.25. The summed E-state index contributed by atoms with van der Waals surface area (Å²) >= 11 is 1.28. The molecule has 4 nitrogen and oxygen atoms in total. The van der Waals surface area contributed by atoms with Crippen LogP contribution in [0.4, 0.5) is 0 Å². The Morgan fingerprint density at radius 3 is 2.63 bits per heavy atom. The van der Waals surface area contributed by atoms with Crippen molar-refractivity contribution in [3.63, 3.8) is 0 Å². The zero-order chi connectivity index (χ0) is 14.0. The maximum absolute atomic E-state index is 5.82. The molecule has 5 heteroatoms. The van der Waals surface area contributed by atoms with Crippen molar-refractivity contribution in [1.29, 1.82) is 0 Å². The number of nitrogens with zero attached hydrogens (tertiary/aromatic N) is 2. The molecule has 0 bridgehead atoms. The summed E-state index contributed by atoms with van der Waals surface area (Å²) in [5.41, 5.74) is 7.68. The first-order valence-electron chi connectivity index (χ1n) is 6.22. The van der Waals surface area contributed by atoms with Crippen molar-refractivity contribution in [2.45, 2.75) is 39.7 Å². The molecule has 0 saturated heterocycles. The van der Waals surface area contributed by atoms with Gasteiger partial charge in [0.15, 0.2) is 5.82 Å². The second-order valence-electron chi connectivity index (χ2n) is 5.54. The summed E-state index contributed by atoms with van der Waals surface area (Å²) in [7, 11) is 0. The Labute approximate surface area is 117 Å². The first-order valence-corrected chi connectivity index (χ1v) is 6.99. The fraction of sp³-hybridized carbons (Fsp3) is 0.429. The molecule has 102 valence electrons. The molecular weight excluding hydrogens is 258 g/mol. The average Bonchev–Trinajstić information content (AvgIpc) is 2.80. The molecular formula is C14H19N3OS. The summed E-state index contributed by atoms with van der Waals surface area (Å²) in [6.07, 6.45) is 0. The Kier molecular flexibility index (Phi) is 3.87. The molecule has 0 aliphatic rings. The van der Waals surface area contributed by atoms with Gasteiger partial charge in [-0.1, -0.05) is 32.9 Å². The highest BCUT2D eigenvalue weighted by Crippen LogP contribution is 2.30. The van der Waals surface area contributed by atoms with Gasteiger partial charge in [-0.2, -0.15) is 9.36 Å². The predicted molar refractivity (Wildman–Crippen MR) is 77.8 cm³/mol. The Morgan fingerprint density at radius 1 is 1.32 bits per heavy atom. The molecule has 0 atom stereocenters. The van der Waals surface area contributed by atoms with Crippen LogP contribution >= 0.6 is 11.5 Å². The van der Waals surface area contributed by atoms with E-state index in [-0.39, 0.29) is 5.41 Å². The minimum atomic E-state index is -0.0632. The van der Waals surface area contributed by atoms with Crippen LogP contribution in [0.5, 0.6) is 10.9 Å². The van der Waals surface area contributed by atoms with Crippen molar-refractivity contribution < 1.29 is 4.74 Å². The Morgan fingerprint density at radius 2 is 2.05 bits per heavy atom. The van der Waals surface area contributed by atoms with Gasteiger partial charge in [0.1, 0.15) is 5.75 Å². The van der Waals surface area contributed by atoms with E-state index in [2.05, 4.69) is 30.1 Å². The fourth-order valence-corrected chi connectivity index (χ4v) is 2.26. The minimum absolute atomic E-state index is 0.0632. The zero-order valence-electron chi connectivity index (χ0n) is 11.7. The minimum Gasteiger partial charge on any atom is -0.430 e. The molecule has 2 rings (SSSR count). The predicted octanol–water partition coefficient (Wildman–Crippen LogP) is 3.40. The number of nitrogens with two attached hydrogens (primary N) is 1. The summed E-state index contributed by atoms with van der Waals surface area (Å²) in [6, 6.07) is 5.96. The van der Waals surface area contributed by atoms with E-state index in [0.717, 1.165) is 22.7 Å². The van der Waals surface area contributed by atoms with Crippen molar-refractivity contribution in [2.75, 3.05) is 0 Å². The lowest BCUT2D eigenvalue weighted by molar-refractivity contribution is 0.464. The molecule has 1 heterocycles. The van der Waals surface area contributed by atoms with Crippen LogP contribution in [0.25, 0.3) is 0 Å². The van der Waals surface area contributed by atoms with Crippen LogP contribution in [0, 0.1) is 6.92 Å². The van der Waals surface area contributed by atoms with E-state index in [1.807, 2.05) is 25.1 Å². The standard InChI is InChI=1S/C14H19N3OS/c1-9-5-6-10(8-15)7-11(9)18-13-16-12(17-19-13)14(2,3)4/h5-7H,8,15H2,1-4H3. The number of rotatable bonds is 3. The van der Waals surface area contributed by atoms with Crippen molar-refractivity contribution >= 4 is 11.5 Å². The van der Waals surface area contributed by atoms with Gasteiger partial charge < -0.3 is 10.5 Å². The SMILES string of the molecule is Cc1ccc(CN)cc1Oc1nc(C(C)(C)C)ns1. The van der Waals surface area contributed by atoms with E-state index in [0.29, 0.717) is 11.7 Å². The summed E-state index contributed by atoms with van der Waals surface area (Å²) < 4.78 is 10.2. The van der Waals surface area contributed by atoms with Gasteiger partial charge in [0, 0.05) is 23.5 Å². The molecule has 19 heavy (non-hydrogen) atoms. The molecule has 0 fully saturated rings. The first kappa shape index (κ1) is 14.0. The fourth-order valence-electron chi connectivity index (χ4n) is 1.53. The quantitative estimate of drug-likeness (QED) is 0.934. The van der Waals surface area contributed by atoms with Crippen LogP contribution in [0.15, 0.2) is 18.2 Å². The Bertz CT molecular complexity index is 572. The molecule has 2 aromatic rings. The second kappa shape index (κ2) is 5.27. The third-order valence-corrected chi connectivity index (χ3v) is 3.36. The normalized spacial score (nSPS) is 11.6. The monoisotopic (exact) mass is 277 g/mol. The molecule has 1 aromatic heterocycles. The molecule has 0 saturated carbocycles. The molecule has 2 N–H and O–H groups in total. The van der Waals surface area contributed by atoms with E-state index in [9.17, 15) is 0 Å². The highest BCUT2D eigenvalue weighted by atomic mass is 32.1. The van der Waals surface area contributed by atoms with Crippen molar-refractivity contribution in [2.24, 2.45) is 5.73 Å². The van der Waals surface area contributed by atoms with Crippen LogP contribution in [0.3, 0.4) is 0 Å². The summed E-state index contributed by atoms with van der Waals surface area (Å²) in [6.45, 7) is 8.75. The number of benzene rings is 1. The topological polar surface area (TPSA) is 61.0 Å². The maximum Gasteiger partial charge on any atom is 0.298 e. The number of hydrogen-bond acceptors (Lipinski definition) is 5. The Hall–Kier alpha value is -1.46. The first-order chi connectivity index (χ1) is 8.90. The van der Waals surface area contributed by atoms with Crippen LogP contribution in [0.1, 0.15) is 37.7 Å². The van der Waals surface area contributed by atoms with E-state index < -0.39 is 0 Å². The smallest absolute Gasteiger partial charge is 0.298 e. The van der Waals surface area contributed by atoms with Crippen LogP contribution in [-0.2, 0) is 12.0 Å². The molecule has 1 aromatic carbocycles. The van der Waals surface area contributed by atoms with E-state index in [1.54, 1.807) is 0 Å². The molecule has 0 aliphatic carbocycles. The third kappa shape index (κ3) is 3.30. The van der Waals surface area contributed by atoms with Gasteiger partial charge in [-0.3, -0.25) is 0 Å². The summed E-state index contributed by atoms with van der Waals surface area (Å²) in [5, 5.41) is 0.571. The highest BCUT2D eigenvalue weighted by molar-refractivity contribution is 7.07. The van der Waals surface area contributed by atoms with Gasteiger partial charge in [0.2, 0.25) is 0 Å². The van der Waals surface area contributed by atoms with Crippen molar-refractivity contribution in [3.8, 4) is 10.9 Å². The van der Waals surface area contributed by atoms with E-state index >= 15 is 0 Å². The molecule has 0 radical (unpaired) electrons. The van der Waals surface area contributed by atoms with Gasteiger partial charge >= 0.3 is 0 Å². The van der Waals surface area contributed by atoms with Crippen LogP contribution in [-0.4, -0.2) is 9.36 Å². The Balaban J connectivity index is 2.24. The highest BCUT2D eigenvalue weighted by Gasteiger charge is 2.20. The molecule has 0 aliphatic heterocycles. The van der Waals surface area contributed by atoms with Crippen LogP contribution in [0.2, 0.25) is 0 Å². The summed E-state index contributed by atoms with van der Waals surface area (Å²) in [4.78, 5) is 4.43. The molecule has 0 unspecified atom stereocenters. The van der Waals surface area contributed by atoms with Crippen LogP contribution < -0.4 is 10.5 Å². The lowest BCUT2D eigenvalue weighted by atomic mass is 9.96. The maximum atomic E-state index is 5.82. The number of ether oxygens (including phenoxy) is 1. The number of hydrogen-bond donors (Lipinski definition) is 1. The lowest BCUT2D eigenvalue weighted by Gasteiger charge is -2.12. The third-order valence-electron chi connectivity index (χ3n) is 2.76. The van der Waals surface area contributed by atoms with Gasteiger partial charge in [0.25, 0.3) is 5.19 Å². The van der Waals surface area contributed by atoms with E-state index in [1.165, 1.54) is 11.5 Å². The van der Waals surface area contributed by atoms with E-state index in [4.69, 9.17) is 10.5 Å². The number of aromatic nitrogens is 2.